The molecule has 0 saturated heterocycles. The second kappa shape index (κ2) is 12.3. The standard InChI is InChI=1S/C23H36F2O/c1-2-3-4-5-6-7-8-19-9-11-20(12-10-19)13-14-21-15-17-22(18-16-21)26-23(24)25/h15-20,23H,2-14H2,1H3/t19-,20-. The Balaban J connectivity index is 1.56. The van der Waals surface area contributed by atoms with Gasteiger partial charge in [0.1, 0.15) is 5.75 Å². The van der Waals surface area contributed by atoms with Crippen molar-refractivity contribution in [1.82, 2.24) is 0 Å². The van der Waals surface area contributed by atoms with Crippen molar-refractivity contribution in [2.45, 2.75) is 97.0 Å². The maximum atomic E-state index is 12.2. The minimum atomic E-state index is -2.74. The van der Waals surface area contributed by atoms with E-state index in [-0.39, 0.29) is 5.75 Å². The van der Waals surface area contributed by atoms with E-state index in [2.05, 4.69) is 11.7 Å². The molecule has 0 bridgehead atoms. The van der Waals surface area contributed by atoms with Gasteiger partial charge in [-0.2, -0.15) is 8.78 Å². The first-order chi connectivity index (χ1) is 12.7. The Morgan fingerprint density at radius 2 is 1.42 bits per heavy atom. The van der Waals surface area contributed by atoms with Gasteiger partial charge in [0.15, 0.2) is 0 Å². The Hall–Kier alpha value is -1.12. The lowest BCUT2D eigenvalue weighted by atomic mass is 9.77. The molecule has 0 amide bonds. The third kappa shape index (κ3) is 8.51. The van der Waals surface area contributed by atoms with Gasteiger partial charge in [-0.15, -0.1) is 0 Å². The Bertz CT molecular complexity index is 464. The minimum Gasteiger partial charge on any atom is -0.435 e. The Morgan fingerprint density at radius 3 is 2.04 bits per heavy atom. The van der Waals surface area contributed by atoms with E-state index in [9.17, 15) is 8.78 Å². The van der Waals surface area contributed by atoms with Crippen molar-refractivity contribution in [2.24, 2.45) is 11.8 Å². The van der Waals surface area contributed by atoms with Gasteiger partial charge in [-0.3, -0.25) is 0 Å². The van der Waals surface area contributed by atoms with Crippen molar-refractivity contribution in [2.75, 3.05) is 0 Å². The summed E-state index contributed by atoms with van der Waals surface area (Å²) in [5, 5.41) is 0. The lowest BCUT2D eigenvalue weighted by Crippen LogP contribution is -2.15. The molecule has 1 aromatic rings. The Morgan fingerprint density at radius 1 is 0.846 bits per heavy atom. The fraction of sp³-hybridized carbons (Fsp3) is 0.739. The van der Waals surface area contributed by atoms with Crippen molar-refractivity contribution in [3.63, 3.8) is 0 Å². The summed E-state index contributed by atoms with van der Waals surface area (Å²) in [4.78, 5) is 0. The number of benzene rings is 1. The van der Waals surface area contributed by atoms with Crippen LogP contribution >= 0.6 is 0 Å². The van der Waals surface area contributed by atoms with Crippen LogP contribution in [0.3, 0.4) is 0 Å². The van der Waals surface area contributed by atoms with E-state index in [1.807, 2.05) is 12.1 Å². The molecule has 0 radical (unpaired) electrons. The zero-order valence-corrected chi connectivity index (χ0v) is 16.4. The molecule has 0 aromatic heterocycles. The summed E-state index contributed by atoms with van der Waals surface area (Å²) >= 11 is 0. The zero-order chi connectivity index (χ0) is 18.6. The topological polar surface area (TPSA) is 9.23 Å². The summed E-state index contributed by atoms with van der Waals surface area (Å²) in [5.74, 6) is 2.05. The molecule has 1 fully saturated rings. The third-order valence-electron chi connectivity index (χ3n) is 5.92. The first-order valence-corrected chi connectivity index (χ1v) is 10.7. The number of aryl methyl sites for hydroxylation is 1. The number of unbranched alkanes of at least 4 members (excludes halogenated alkanes) is 5. The van der Waals surface area contributed by atoms with Crippen molar-refractivity contribution in [3.05, 3.63) is 29.8 Å². The normalized spacial score (nSPS) is 20.5. The van der Waals surface area contributed by atoms with Crippen LogP contribution in [0.25, 0.3) is 0 Å². The summed E-state index contributed by atoms with van der Waals surface area (Å²) in [5.41, 5.74) is 1.22. The zero-order valence-electron chi connectivity index (χ0n) is 16.4. The van der Waals surface area contributed by atoms with Crippen LogP contribution in [0, 0.1) is 11.8 Å². The summed E-state index contributed by atoms with van der Waals surface area (Å²) < 4.78 is 28.7. The van der Waals surface area contributed by atoms with Gasteiger partial charge in [-0.1, -0.05) is 89.7 Å². The van der Waals surface area contributed by atoms with Gasteiger partial charge in [0.2, 0.25) is 0 Å². The molecule has 0 atom stereocenters. The molecule has 1 aliphatic rings. The van der Waals surface area contributed by atoms with Gasteiger partial charge < -0.3 is 4.74 Å². The lowest BCUT2D eigenvalue weighted by molar-refractivity contribution is -0.0498. The van der Waals surface area contributed by atoms with Crippen LogP contribution in [0.1, 0.15) is 89.5 Å². The average molecular weight is 367 g/mol. The molecule has 1 aliphatic carbocycles. The number of halogens is 2. The Kier molecular flexibility index (Phi) is 10.0. The van der Waals surface area contributed by atoms with Gasteiger partial charge in [-0.05, 0) is 42.4 Å². The molecule has 3 heteroatoms. The van der Waals surface area contributed by atoms with E-state index in [4.69, 9.17) is 0 Å². The number of rotatable bonds is 12. The van der Waals surface area contributed by atoms with Crippen LogP contribution in [-0.4, -0.2) is 6.61 Å². The monoisotopic (exact) mass is 366 g/mol. The van der Waals surface area contributed by atoms with Crippen LogP contribution in [0.15, 0.2) is 24.3 Å². The van der Waals surface area contributed by atoms with Gasteiger partial charge in [0, 0.05) is 0 Å². The fourth-order valence-corrected chi connectivity index (χ4v) is 4.23. The molecule has 26 heavy (non-hydrogen) atoms. The van der Waals surface area contributed by atoms with Gasteiger partial charge >= 0.3 is 6.61 Å². The van der Waals surface area contributed by atoms with Gasteiger partial charge in [0.05, 0.1) is 0 Å². The van der Waals surface area contributed by atoms with Gasteiger partial charge in [0.25, 0.3) is 0 Å². The largest absolute Gasteiger partial charge is 0.435 e. The predicted octanol–water partition coefficient (Wildman–Crippen LogP) is 7.78. The van der Waals surface area contributed by atoms with E-state index in [0.29, 0.717) is 0 Å². The number of alkyl halides is 2. The summed E-state index contributed by atoms with van der Waals surface area (Å²) in [6.07, 6.45) is 17.7. The SMILES string of the molecule is CCCCCCCC[C@H]1CC[C@H](CCc2ccc(OC(F)F)cc2)CC1. The Labute approximate surface area is 158 Å². The van der Waals surface area contributed by atoms with Crippen molar-refractivity contribution < 1.29 is 13.5 Å². The minimum absolute atomic E-state index is 0.249. The lowest BCUT2D eigenvalue weighted by Gasteiger charge is -2.28. The van der Waals surface area contributed by atoms with Gasteiger partial charge in [-0.25, -0.2) is 0 Å². The van der Waals surface area contributed by atoms with E-state index in [1.165, 1.54) is 82.6 Å². The highest BCUT2D eigenvalue weighted by molar-refractivity contribution is 5.27. The van der Waals surface area contributed by atoms with Crippen molar-refractivity contribution >= 4 is 0 Å². The molecule has 1 saturated carbocycles. The molecule has 0 aliphatic heterocycles. The third-order valence-corrected chi connectivity index (χ3v) is 5.92. The molecular weight excluding hydrogens is 330 g/mol. The highest BCUT2D eigenvalue weighted by Crippen LogP contribution is 2.34. The predicted molar refractivity (Wildman–Crippen MR) is 105 cm³/mol. The number of hydrogen-bond donors (Lipinski definition) is 0. The maximum Gasteiger partial charge on any atom is 0.387 e. The molecule has 148 valence electrons. The van der Waals surface area contributed by atoms with E-state index in [0.717, 1.165) is 18.3 Å². The van der Waals surface area contributed by atoms with Crippen molar-refractivity contribution in [1.29, 1.82) is 0 Å². The second-order valence-electron chi connectivity index (χ2n) is 8.00. The van der Waals surface area contributed by atoms with E-state index < -0.39 is 6.61 Å². The molecular formula is C23H36F2O. The highest BCUT2D eigenvalue weighted by Gasteiger charge is 2.20. The van der Waals surface area contributed by atoms with E-state index >= 15 is 0 Å². The highest BCUT2D eigenvalue weighted by atomic mass is 19.3. The molecule has 0 unspecified atom stereocenters. The smallest absolute Gasteiger partial charge is 0.387 e. The summed E-state index contributed by atoms with van der Waals surface area (Å²) in [6, 6.07) is 7.14. The van der Waals surface area contributed by atoms with Crippen LogP contribution in [0.5, 0.6) is 5.75 Å². The number of ether oxygens (including phenoxy) is 1. The fourth-order valence-electron chi connectivity index (χ4n) is 4.23. The van der Waals surface area contributed by atoms with Crippen molar-refractivity contribution in [3.8, 4) is 5.75 Å². The van der Waals surface area contributed by atoms with Crippen LogP contribution < -0.4 is 4.74 Å². The molecule has 0 spiro atoms. The summed E-state index contributed by atoms with van der Waals surface area (Å²) in [6.45, 7) is -0.470. The van der Waals surface area contributed by atoms with Crippen LogP contribution in [0.2, 0.25) is 0 Å². The average Bonchev–Trinajstić information content (AvgIpc) is 2.64. The van der Waals surface area contributed by atoms with Crippen LogP contribution in [-0.2, 0) is 6.42 Å². The molecule has 1 nitrogen and oxygen atoms in total. The maximum absolute atomic E-state index is 12.2. The van der Waals surface area contributed by atoms with Crippen LogP contribution in [0.4, 0.5) is 8.78 Å². The summed E-state index contributed by atoms with van der Waals surface area (Å²) in [7, 11) is 0. The number of hydrogen-bond acceptors (Lipinski definition) is 1. The quantitative estimate of drug-likeness (QED) is 0.343. The second-order valence-corrected chi connectivity index (χ2v) is 8.00. The molecule has 1 aromatic carbocycles. The van der Waals surface area contributed by atoms with E-state index in [1.54, 1.807) is 12.1 Å². The molecule has 2 rings (SSSR count). The first kappa shape index (κ1) is 21.2. The first-order valence-electron chi connectivity index (χ1n) is 10.7. The molecule has 0 N–H and O–H groups in total. The molecule has 0 heterocycles.